The van der Waals surface area contributed by atoms with Crippen molar-refractivity contribution in [3.8, 4) is 5.75 Å². The molecule has 3 heteroatoms. The van der Waals surface area contributed by atoms with Gasteiger partial charge in [-0.1, -0.05) is 32.0 Å². The van der Waals surface area contributed by atoms with Crippen LogP contribution in [0.25, 0.3) is 0 Å². The van der Waals surface area contributed by atoms with E-state index in [1.807, 2.05) is 6.07 Å². The van der Waals surface area contributed by atoms with Crippen LogP contribution in [0.3, 0.4) is 0 Å². The van der Waals surface area contributed by atoms with Crippen LogP contribution in [0.2, 0.25) is 0 Å². The van der Waals surface area contributed by atoms with Crippen LogP contribution in [0.15, 0.2) is 24.3 Å². The van der Waals surface area contributed by atoms with Gasteiger partial charge in [0.2, 0.25) is 0 Å². The average Bonchev–Trinajstić information content (AvgIpc) is 2.42. The summed E-state index contributed by atoms with van der Waals surface area (Å²) in [6, 6.07) is 8.37. The van der Waals surface area contributed by atoms with Crippen molar-refractivity contribution in [2.24, 2.45) is 11.8 Å². The van der Waals surface area contributed by atoms with Crippen molar-refractivity contribution in [1.29, 1.82) is 0 Å². The minimum Gasteiger partial charge on any atom is -0.493 e. The fraction of sp³-hybridized carbons (Fsp3) is 0.625. The van der Waals surface area contributed by atoms with Gasteiger partial charge in [-0.25, -0.2) is 0 Å². The van der Waals surface area contributed by atoms with E-state index in [0.29, 0.717) is 5.92 Å². The van der Waals surface area contributed by atoms with Crippen LogP contribution in [-0.4, -0.2) is 32.8 Å². The Morgan fingerprint density at radius 2 is 2.00 bits per heavy atom. The molecule has 1 heterocycles. The summed E-state index contributed by atoms with van der Waals surface area (Å²) >= 11 is 0. The van der Waals surface area contributed by atoms with Crippen molar-refractivity contribution >= 4 is 0 Å². The van der Waals surface area contributed by atoms with Crippen LogP contribution >= 0.6 is 0 Å². The molecule has 1 aliphatic rings. The van der Waals surface area contributed by atoms with Gasteiger partial charge in [0.05, 0.1) is 6.61 Å². The summed E-state index contributed by atoms with van der Waals surface area (Å²) in [5, 5.41) is 6.96. The highest BCUT2D eigenvalue weighted by Crippen LogP contribution is 2.26. The summed E-state index contributed by atoms with van der Waals surface area (Å²) in [5.41, 5.74) is 1.35. The zero-order valence-corrected chi connectivity index (χ0v) is 12.1. The second-order valence-electron chi connectivity index (χ2n) is 5.79. The zero-order chi connectivity index (χ0) is 13.5. The van der Waals surface area contributed by atoms with Crippen molar-refractivity contribution < 1.29 is 4.74 Å². The lowest BCUT2D eigenvalue weighted by Gasteiger charge is -2.25. The number of para-hydroxylation sites is 1. The summed E-state index contributed by atoms with van der Waals surface area (Å²) in [6.45, 7) is 9.52. The first kappa shape index (κ1) is 14.4. The number of hydrogen-bond acceptors (Lipinski definition) is 3. The molecule has 1 aromatic carbocycles. The minimum atomic E-state index is 0.597. The Hall–Kier alpha value is -1.06. The van der Waals surface area contributed by atoms with Crippen molar-refractivity contribution in [2.75, 3.05) is 32.8 Å². The van der Waals surface area contributed by atoms with Crippen LogP contribution < -0.4 is 15.4 Å². The first-order chi connectivity index (χ1) is 9.25. The third-order valence-electron chi connectivity index (χ3n) is 3.42. The Balaban J connectivity index is 1.61. The van der Waals surface area contributed by atoms with Crippen LogP contribution in [0.1, 0.15) is 19.4 Å². The number of ether oxygens (including phenoxy) is 1. The van der Waals surface area contributed by atoms with Gasteiger partial charge in [-0.2, -0.15) is 0 Å². The number of nitrogens with one attached hydrogen (secondary N) is 2. The Morgan fingerprint density at radius 3 is 2.84 bits per heavy atom. The maximum atomic E-state index is 5.79. The summed E-state index contributed by atoms with van der Waals surface area (Å²) in [6.07, 6.45) is 1.13. The van der Waals surface area contributed by atoms with Gasteiger partial charge in [0, 0.05) is 25.6 Å². The molecule has 1 aromatic rings. The van der Waals surface area contributed by atoms with E-state index in [4.69, 9.17) is 4.74 Å². The average molecular weight is 262 g/mol. The standard InChI is InChI=1S/C16H26N2O/c1-13(2)10-17-7-8-18-11-14-9-15-5-3-4-6-16(15)19-12-14/h3-6,13-14,17-18H,7-12H2,1-2H3. The molecular weight excluding hydrogens is 236 g/mol. The van der Waals surface area contributed by atoms with E-state index in [1.54, 1.807) is 0 Å². The molecule has 2 rings (SSSR count). The fourth-order valence-electron chi connectivity index (χ4n) is 2.40. The normalized spacial score (nSPS) is 18.2. The van der Waals surface area contributed by atoms with E-state index in [2.05, 4.69) is 42.7 Å². The van der Waals surface area contributed by atoms with E-state index in [-0.39, 0.29) is 0 Å². The lowest BCUT2D eigenvalue weighted by atomic mass is 9.97. The minimum absolute atomic E-state index is 0.597. The molecule has 0 radical (unpaired) electrons. The highest BCUT2D eigenvalue weighted by Gasteiger charge is 2.18. The van der Waals surface area contributed by atoms with E-state index in [0.717, 1.165) is 50.9 Å². The molecule has 0 bridgehead atoms. The van der Waals surface area contributed by atoms with Crippen molar-refractivity contribution in [2.45, 2.75) is 20.3 Å². The topological polar surface area (TPSA) is 33.3 Å². The quantitative estimate of drug-likeness (QED) is 0.738. The van der Waals surface area contributed by atoms with Crippen LogP contribution in [0.4, 0.5) is 0 Å². The van der Waals surface area contributed by atoms with Gasteiger partial charge in [-0.15, -0.1) is 0 Å². The monoisotopic (exact) mass is 262 g/mol. The van der Waals surface area contributed by atoms with Gasteiger partial charge >= 0.3 is 0 Å². The molecule has 1 atom stereocenters. The summed E-state index contributed by atoms with van der Waals surface area (Å²) in [5.74, 6) is 2.39. The van der Waals surface area contributed by atoms with Gasteiger partial charge in [-0.05, 0) is 30.5 Å². The first-order valence-corrected chi connectivity index (χ1v) is 7.38. The van der Waals surface area contributed by atoms with Gasteiger partial charge in [0.25, 0.3) is 0 Å². The third-order valence-corrected chi connectivity index (χ3v) is 3.42. The maximum Gasteiger partial charge on any atom is 0.122 e. The van der Waals surface area contributed by atoms with Gasteiger partial charge in [-0.3, -0.25) is 0 Å². The fourth-order valence-corrected chi connectivity index (χ4v) is 2.40. The highest BCUT2D eigenvalue weighted by molar-refractivity contribution is 5.35. The molecule has 0 spiro atoms. The molecule has 1 unspecified atom stereocenters. The second kappa shape index (κ2) is 7.51. The summed E-state index contributed by atoms with van der Waals surface area (Å²) in [4.78, 5) is 0. The van der Waals surface area contributed by atoms with Crippen molar-refractivity contribution in [3.05, 3.63) is 29.8 Å². The molecule has 0 amide bonds. The second-order valence-corrected chi connectivity index (χ2v) is 5.79. The lowest BCUT2D eigenvalue weighted by Crippen LogP contribution is -2.35. The lowest BCUT2D eigenvalue weighted by molar-refractivity contribution is 0.218. The predicted octanol–water partition coefficient (Wildman–Crippen LogP) is 2.07. The number of benzene rings is 1. The largest absolute Gasteiger partial charge is 0.493 e. The Morgan fingerprint density at radius 1 is 1.21 bits per heavy atom. The number of rotatable bonds is 7. The molecule has 0 fully saturated rings. The van der Waals surface area contributed by atoms with Gasteiger partial charge in [0.1, 0.15) is 5.75 Å². The van der Waals surface area contributed by atoms with Crippen LogP contribution in [0.5, 0.6) is 5.75 Å². The number of fused-ring (bicyclic) bond motifs is 1. The molecule has 0 aromatic heterocycles. The smallest absolute Gasteiger partial charge is 0.122 e. The molecule has 2 N–H and O–H groups in total. The highest BCUT2D eigenvalue weighted by atomic mass is 16.5. The molecule has 106 valence electrons. The SMILES string of the molecule is CC(C)CNCCNCC1COc2ccccc2C1. The van der Waals surface area contributed by atoms with Gasteiger partial charge in [0.15, 0.2) is 0 Å². The van der Waals surface area contributed by atoms with E-state index in [1.165, 1.54) is 5.56 Å². The van der Waals surface area contributed by atoms with Crippen LogP contribution in [-0.2, 0) is 6.42 Å². The molecule has 0 saturated carbocycles. The van der Waals surface area contributed by atoms with E-state index in [9.17, 15) is 0 Å². The molecular formula is C16H26N2O. The van der Waals surface area contributed by atoms with Crippen LogP contribution in [0, 0.1) is 11.8 Å². The van der Waals surface area contributed by atoms with E-state index >= 15 is 0 Å². The maximum absolute atomic E-state index is 5.79. The predicted molar refractivity (Wildman–Crippen MR) is 79.7 cm³/mol. The zero-order valence-electron chi connectivity index (χ0n) is 12.1. The van der Waals surface area contributed by atoms with Crippen molar-refractivity contribution in [3.63, 3.8) is 0 Å². The molecule has 3 nitrogen and oxygen atoms in total. The Bertz CT molecular complexity index is 379. The molecule has 0 aliphatic carbocycles. The first-order valence-electron chi connectivity index (χ1n) is 7.38. The number of hydrogen-bond donors (Lipinski definition) is 2. The molecule has 1 aliphatic heterocycles. The molecule has 0 saturated heterocycles. The Kier molecular flexibility index (Phi) is 5.67. The Labute approximate surface area is 116 Å². The van der Waals surface area contributed by atoms with E-state index < -0.39 is 0 Å². The van der Waals surface area contributed by atoms with Crippen molar-refractivity contribution in [1.82, 2.24) is 10.6 Å². The summed E-state index contributed by atoms with van der Waals surface area (Å²) in [7, 11) is 0. The molecule has 19 heavy (non-hydrogen) atoms. The van der Waals surface area contributed by atoms with Gasteiger partial charge < -0.3 is 15.4 Å². The summed E-state index contributed by atoms with van der Waals surface area (Å²) < 4.78 is 5.79. The third kappa shape index (κ3) is 4.84.